The molecule has 166 valence electrons. The molecule has 1 aromatic heterocycles. The second-order valence-corrected chi connectivity index (χ2v) is 8.06. The van der Waals surface area contributed by atoms with Crippen LogP contribution in [0.1, 0.15) is 21.7 Å². The van der Waals surface area contributed by atoms with E-state index in [0.29, 0.717) is 11.6 Å². The number of nitro groups is 1. The molecule has 9 heteroatoms. The van der Waals surface area contributed by atoms with Crippen molar-refractivity contribution in [2.75, 3.05) is 12.9 Å². The van der Waals surface area contributed by atoms with Crippen LogP contribution in [0.5, 0.6) is 5.75 Å². The van der Waals surface area contributed by atoms with Gasteiger partial charge >= 0.3 is 0 Å². The molecule has 0 spiro atoms. The lowest BCUT2D eigenvalue weighted by molar-refractivity contribution is -0.384. The van der Waals surface area contributed by atoms with Gasteiger partial charge in [-0.1, -0.05) is 54.2 Å². The molecule has 0 aliphatic rings. The summed E-state index contributed by atoms with van der Waals surface area (Å²) >= 11 is 1.24. The number of Topliss-reactive ketones (excluding diaryl/α,β-unsaturated/α-hetero) is 1. The van der Waals surface area contributed by atoms with Gasteiger partial charge in [0.2, 0.25) is 0 Å². The predicted octanol–water partition coefficient (Wildman–Crippen LogP) is 4.75. The molecule has 33 heavy (non-hydrogen) atoms. The van der Waals surface area contributed by atoms with E-state index in [1.807, 2.05) is 59.2 Å². The number of carbonyl (C=O) groups excluding carboxylic acids is 1. The minimum atomic E-state index is -0.514. The number of thioether (sulfide) groups is 1. The minimum absolute atomic E-state index is 0.0702. The van der Waals surface area contributed by atoms with Crippen LogP contribution in [0.15, 0.2) is 84.0 Å². The van der Waals surface area contributed by atoms with Gasteiger partial charge < -0.3 is 4.74 Å². The molecule has 0 saturated heterocycles. The van der Waals surface area contributed by atoms with Crippen LogP contribution >= 0.6 is 11.8 Å². The Morgan fingerprint density at radius 1 is 1.03 bits per heavy atom. The van der Waals surface area contributed by atoms with E-state index in [-0.39, 0.29) is 22.8 Å². The zero-order valence-electron chi connectivity index (χ0n) is 17.7. The summed E-state index contributed by atoms with van der Waals surface area (Å²) in [7, 11) is 1.61. The zero-order chi connectivity index (χ0) is 23.2. The monoisotopic (exact) mass is 460 g/mol. The third-order valence-corrected chi connectivity index (χ3v) is 5.88. The van der Waals surface area contributed by atoms with Gasteiger partial charge in [0, 0.05) is 29.8 Å². The first kappa shape index (κ1) is 22.2. The van der Waals surface area contributed by atoms with Gasteiger partial charge in [-0.25, -0.2) is 0 Å². The molecular formula is C24H20N4O4S. The second-order valence-electron chi connectivity index (χ2n) is 7.11. The Labute approximate surface area is 194 Å². The number of hydrogen-bond acceptors (Lipinski definition) is 7. The quantitative estimate of drug-likeness (QED) is 0.154. The summed E-state index contributed by atoms with van der Waals surface area (Å²) in [4.78, 5) is 23.2. The number of rotatable bonds is 9. The molecular weight excluding hydrogens is 440 g/mol. The Kier molecular flexibility index (Phi) is 6.80. The van der Waals surface area contributed by atoms with Gasteiger partial charge in [0.1, 0.15) is 11.6 Å². The van der Waals surface area contributed by atoms with Crippen molar-refractivity contribution in [2.24, 2.45) is 0 Å². The third kappa shape index (κ3) is 5.27. The molecule has 0 atom stereocenters. The van der Waals surface area contributed by atoms with Crippen LogP contribution in [0.2, 0.25) is 0 Å². The largest absolute Gasteiger partial charge is 0.497 e. The van der Waals surface area contributed by atoms with Crippen LogP contribution in [0.25, 0.3) is 5.69 Å². The number of nitrogens with zero attached hydrogens (tertiary/aromatic N) is 4. The van der Waals surface area contributed by atoms with Crippen molar-refractivity contribution in [3.8, 4) is 11.4 Å². The first-order chi connectivity index (χ1) is 16.0. The summed E-state index contributed by atoms with van der Waals surface area (Å²) < 4.78 is 7.17. The highest BCUT2D eigenvalue weighted by Gasteiger charge is 2.18. The maximum absolute atomic E-state index is 12.7. The Morgan fingerprint density at radius 3 is 2.48 bits per heavy atom. The highest BCUT2D eigenvalue weighted by atomic mass is 32.2. The van der Waals surface area contributed by atoms with Crippen molar-refractivity contribution in [3.63, 3.8) is 0 Å². The van der Waals surface area contributed by atoms with E-state index in [4.69, 9.17) is 4.74 Å². The Hall–Kier alpha value is -3.98. The fourth-order valence-corrected chi connectivity index (χ4v) is 4.15. The molecule has 0 bridgehead atoms. The molecule has 0 aliphatic carbocycles. The lowest BCUT2D eigenvalue weighted by Crippen LogP contribution is -2.07. The van der Waals surface area contributed by atoms with Crippen molar-refractivity contribution < 1.29 is 14.5 Å². The lowest BCUT2D eigenvalue weighted by atomic mass is 10.1. The molecule has 3 aromatic carbocycles. The minimum Gasteiger partial charge on any atom is -0.497 e. The SMILES string of the molecule is COc1ccc(-n2c(Cc3ccccc3)nnc2SCC(=O)c2cccc([N+](=O)[O-])c2)cc1. The summed E-state index contributed by atoms with van der Waals surface area (Å²) in [5.74, 6) is 1.31. The normalized spacial score (nSPS) is 10.7. The van der Waals surface area contributed by atoms with Gasteiger partial charge in [-0.05, 0) is 29.8 Å². The molecule has 0 fully saturated rings. The van der Waals surface area contributed by atoms with E-state index in [0.717, 1.165) is 22.8 Å². The summed E-state index contributed by atoms with van der Waals surface area (Å²) in [6.45, 7) is 0. The fraction of sp³-hybridized carbons (Fsp3) is 0.125. The summed E-state index contributed by atoms with van der Waals surface area (Å²) in [6, 6.07) is 23.2. The molecule has 0 unspecified atom stereocenters. The maximum Gasteiger partial charge on any atom is 0.270 e. The molecule has 0 amide bonds. The zero-order valence-corrected chi connectivity index (χ0v) is 18.6. The molecule has 0 saturated carbocycles. The number of carbonyl (C=O) groups is 1. The van der Waals surface area contributed by atoms with Crippen LogP contribution in [-0.4, -0.2) is 38.3 Å². The van der Waals surface area contributed by atoms with Gasteiger partial charge in [-0.3, -0.25) is 19.5 Å². The first-order valence-electron chi connectivity index (χ1n) is 10.1. The second kappa shape index (κ2) is 10.1. The van der Waals surface area contributed by atoms with E-state index >= 15 is 0 Å². The smallest absolute Gasteiger partial charge is 0.270 e. The van der Waals surface area contributed by atoms with Crippen molar-refractivity contribution >= 4 is 23.2 Å². The molecule has 0 N–H and O–H groups in total. The average molecular weight is 461 g/mol. The predicted molar refractivity (Wildman–Crippen MR) is 125 cm³/mol. The van der Waals surface area contributed by atoms with Gasteiger partial charge in [0.25, 0.3) is 5.69 Å². The molecule has 0 aliphatic heterocycles. The van der Waals surface area contributed by atoms with E-state index in [1.54, 1.807) is 13.2 Å². The molecule has 8 nitrogen and oxygen atoms in total. The number of non-ortho nitro benzene ring substituents is 1. The highest BCUT2D eigenvalue weighted by molar-refractivity contribution is 7.99. The molecule has 0 radical (unpaired) electrons. The number of methoxy groups -OCH3 is 1. The Bertz CT molecular complexity index is 1270. The Balaban J connectivity index is 1.61. The van der Waals surface area contributed by atoms with Crippen LogP contribution in [-0.2, 0) is 6.42 Å². The van der Waals surface area contributed by atoms with Gasteiger partial charge in [0.15, 0.2) is 10.9 Å². The number of ketones is 1. The molecule has 1 heterocycles. The van der Waals surface area contributed by atoms with Crippen LogP contribution in [0, 0.1) is 10.1 Å². The van der Waals surface area contributed by atoms with Crippen molar-refractivity contribution in [3.05, 3.63) is 106 Å². The molecule has 4 rings (SSSR count). The van der Waals surface area contributed by atoms with Gasteiger partial charge in [0.05, 0.1) is 17.8 Å². The van der Waals surface area contributed by atoms with E-state index in [1.165, 1.54) is 30.0 Å². The average Bonchev–Trinajstić information content (AvgIpc) is 3.25. The van der Waals surface area contributed by atoms with E-state index in [2.05, 4.69) is 10.2 Å². The number of benzene rings is 3. The van der Waals surface area contributed by atoms with E-state index in [9.17, 15) is 14.9 Å². The van der Waals surface area contributed by atoms with Gasteiger partial charge in [-0.2, -0.15) is 0 Å². The van der Waals surface area contributed by atoms with Crippen molar-refractivity contribution in [1.29, 1.82) is 0 Å². The number of nitro benzene ring substituents is 1. The third-order valence-electron chi connectivity index (χ3n) is 4.95. The highest BCUT2D eigenvalue weighted by Crippen LogP contribution is 2.26. The number of ether oxygens (including phenoxy) is 1. The van der Waals surface area contributed by atoms with Crippen molar-refractivity contribution in [2.45, 2.75) is 11.6 Å². The number of aromatic nitrogens is 3. The lowest BCUT2D eigenvalue weighted by Gasteiger charge is -2.11. The Morgan fingerprint density at radius 2 is 1.79 bits per heavy atom. The summed E-state index contributed by atoms with van der Waals surface area (Å²) in [6.07, 6.45) is 0.569. The first-order valence-corrected chi connectivity index (χ1v) is 11.1. The number of hydrogen-bond donors (Lipinski definition) is 0. The topological polar surface area (TPSA) is 100 Å². The van der Waals surface area contributed by atoms with E-state index < -0.39 is 4.92 Å². The standard InChI is InChI=1S/C24H20N4O4S/c1-32-21-12-10-19(11-13-21)27-23(14-17-6-3-2-4-7-17)25-26-24(27)33-16-22(29)18-8-5-9-20(15-18)28(30)31/h2-13,15H,14,16H2,1H3. The van der Waals surface area contributed by atoms with Crippen LogP contribution in [0.4, 0.5) is 5.69 Å². The maximum atomic E-state index is 12.7. The molecule has 4 aromatic rings. The van der Waals surface area contributed by atoms with Gasteiger partial charge in [-0.15, -0.1) is 10.2 Å². The van der Waals surface area contributed by atoms with Crippen molar-refractivity contribution in [1.82, 2.24) is 14.8 Å². The van der Waals surface area contributed by atoms with Crippen LogP contribution in [0.3, 0.4) is 0 Å². The summed E-state index contributed by atoms with van der Waals surface area (Å²) in [5, 5.41) is 20.3. The summed E-state index contributed by atoms with van der Waals surface area (Å²) in [5.41, 5.74) is 2.11. The van der Waals surface area contributed by atoms with Crippen LogP contribution < -0.4 is 4.74 Å². The fourth-order valence-electron chi connectivity index (χ4n) is 3.28.